The average Bonchev–Trinajstić information content (AvgIpc) is 2.89. The van der Waals surface area contributed by atoms with Crippen LogP contribution in [-0.4, -0.2) is 16.6 Å². The van der Waals surface area contributed by atoms with E-state index in [1.165, 1.54) is 5.06 Å². The van der Waals surface area contributed by atoms with Gasteiger partial charge in [-0.2, -0.15) is 5.06 Å². The van der Waals surface area contributed by atoms with E-state index >= 15 is 0 Å². The molecule has 1 unspecified atom stereocenters. The topological polar surface area (TPSA) is 53.6 Å². The summed E-state index contributed by atoms with van der Waals surface area (Å²) in [6.07, 6.45) is 0.201. The zero-order valence-electron chi connectivity index (χ0n) is 12.7. The highest BCUT2D eigenvalue weighted by Gasteiger charge is 2.42. The molecule has 1 fully saturated rings. The fourth-order valence-electron chi connectivity index (χ4n) is 2.32. The Labute approximate surface area is 140 Å². The number of nitrogens with zero attached hydrogens (tertiary/aromatic N) is 1. The quantitative estimate of drug-likeness (QED) is 0.668. The summed E-state index contributed by atoms with van der Waals surface area (Å²) in [5, 5.41) is 1.31. The molecule has 0 saturated carbocycles. The fourth-order valence-corrected chi connectivity index (χ4v) is 2.51. The minimum absolute atomic E-state index is 0.112. The van der Waals surface area contributed by atoms with E-state index in [1.807, 2.05) is 60.7 Å². The third-order valence-corrected chi connectivity index (χ3v) is 3.81. The largest absolute Gasteiger partial charge is 0.309 e. The third-order valence-electron chi connectivity index (χ3n) is 3.47. The van der Waals surface area contributed by atoms with E-state index in [4.69, 9.17) is 17.1 Å². The molecule has 0 bridgehead atoms. The first-order valence-corrected chi connectivity index (χ1v) is 7.68. The van der Waals surface area contributed by atoms with Crippen molar-refractivity contribution in [2.45, 2.75) is 19.1 Å². The number of carbonyl (C=O) groups excluding carboxylic acids is 1. The molecule has 6 heteroatoms. The van der Waals surface area contributed by atoms with Crippen LogP contribution in [-0.2, 0) is 9.63 Å². The molecule has 3 rings (SSSR count). The Morgan fingerprint density at radius 1 is 1.13 bits per heavy atom. The first kappa shape index (κ1) is 15.6. The SMILES string of the molecule is CC1(NNC(=S)c2ccccc2)CC(=O)N(c2ccccc2)O1. The highest BCUT2D eigenvalue weighted by Crippen LogP contribution is 2.28. The molecule has 0 spiro atoms. The van der Waals surface area contributed by atoms with Gasteiger partial charge in [0.05, 0.1) is 12.1 Å². The van der Waals surface area contributed by atoms with Crippen molar-refractivity contribution in [1.82, 2.24) is 10.9 Å². The molecular weight excluding hydrogens is 310 g/mol. The van der Waals surface area contributed by atoms with Crippen LogP contribution >= 0.6 is 12.2 Å². The summed E-state index contributed by atoms with van der Waals surface area (Å²) in [6.45, 7) is 1.80. The van der Waals surface area contributed by atoms with Crippen molar-refractivity contribution in [2.75, 3.05) is 5.06 Å². The number of amides is 1. The fraction of sp³-hybridized carbons (Fsp3) is 0.176. The van der Waals surface area contributed by atoms with Crippen LogP contribution in [0.4, 0.5) is 5.69 Å². The van der Waals surface area contributed by atoms with Crippen molar-refractivity contribution in [2.24, 2.45) is 0 Å². The summed E-state index contributed by atoms with van der Waals surface area (Å²) >= 11 is 5.33. The summed E-state index contributed by atoms with van der Waals surface area (Å²) in [5.74, 6) is -0.112. The first-order valence-electron chi connectivity index (χ1n) is 7.27. The first-order chi connectivity index (χ1) is 11.1. The Morgan fingerprint density at radius 3 is 2.39 bits per heavy atom. The lowest BCUT2D eigenvalue weighted by Crippen LogP contribution is -2.52. The van der Waals surface area contributed by atoms with E-state index in [2.05, 4.69) is 10.9 Å². The lowest BCUT2D eigenvalue weighted by Gasteiger charge is -2.26. The predicted octanol–water partition coefficient (Wildman–Crippen LogP) is 2.54. The molecule has 1 amide bonds. The average molecular weight is 327 g/mol. The summed E-state index contributed by atoms with van der Waals surface area (Å²) in [6, 6.07) is 18.8. The van der Waals surface area contributed by atoms with Crippen molar-refractivity contribution >= 4 is 28.8 Å². The molecule has 2 aromatic rings. The van der Waals surface area contributed by atoms with Crippen LogP contribution in [0.3, 0.4) is 0 Å². The van der Waals surface area contributed by atoms with Gasteiger partial charge in [0.2, 0.25) is 0 Å². The highest BCUT2D eigenvalue weighted by atomic mass is 32.1. The monoisotopic (exact) mass is 327 g/mol. The van der Waals surface area contributed by atoms with E-state index in [0.29, 0.717) is 10.7 Å². The minimum Gasteiger partial charge on any atom is -0.309 e. The van der Waals surface area contributed by atoms with Gasteiger partial charge in [0.25, 0.3) is 5.91 Å². The number of para-hydroxylation sites is 1. The van der Waals surface area contributed by atoms with Crippen LogP contribution in [0.25, 0.3) is 0 Å². The van der Waals surface area contributed by atoms with E-state index in [-0.39, 0.29) is 12.3 Å². The molecule has 0 aliphatic carbocycles. The Bertz CT molecular complexity index is 708. The van der Waals surface area contributed by atoms with Gasteiger partial charge in [0.1, 0.15) is 4.99 Å². The zero-order chi connectivity index (χ0) is 16.3. The molecule has 1 heterocycles. The van der Waals surface area contributed by atoms with Gasteiger partial charge in [-0.3, -0.25) is 4.79 Å². The van der Waals surface area contributed by atoms with Crippen molar-refractivity contribution in [3.05, 3.63) is 66.2 Å². The van der Waals surface area contributed by atoms with E-state index in [1.54, 1.807) is 6.92 Å². The summed E-state index contributed by atoms with van der Waals surface area (Å²) < 4.78 is 0. The molecule has 23 heavy (non-hydrogen) atoms. The van der Waals surface area contributed by atoms with Gasteiger partial charge in [-0.05, 0) is 19.1 Å². The molecule has 1 aliphatic heterocycles. The molecule has 0 radical (unpaired) electrons. The Kier molecular flexibility index (Phi) is 4.38. The number of benzene rings is 2. The van der Waals surface area contributed by atoms with Crippen LogP contribution in [0, 0.1) is 0 Å². The van der Waals surface area contributed by atoms with Crippen molar-refractivity contribution in [3.63, 3.8) is 0 Å². The molecular formula is C17H17N3O2S. The summed E-state index contributed by atoms with van der Waals surface area (Å²) in [5.41, 5.74) is 6.69. The third kappa shape index (κ3) is 3.56. The zero-order valence-corrected chi connectivity index (χ0v) is 13.5. The van der Waals surface area contributed by atoms with Crippen molar-refractivity contribution in [1.29, 1.82) is 0 Å². The van der Waals surface area contributed by atoms with Gasteiger partial charge < -0.3 is 5.43 Å². The van der Waals surface area contributed by atoms with E-state index < -0.39 is 5.72 Å². The second kappa shape index (κ2) is 6.45. The number of anilines is 1. The van der Waals surface area contributed by atoms with Crippen LogP contribution in [0.1, 0.15) is 18.9 Å². The standard InChI is InChI=1S/C17H17N3O2S/c1-17(19-18-16(23)13-8-4-2-5-9-13)12-15(21)20(22-17)14-10-6-3-7-11-14/h2-11,19H,12H2,1H3,(H,18,23). The molecule has 2 N–H and O–H groups in total. The van der Waals surface area contributed by atoms with Gasteiger partial charge in [-0.1, -0.05) is 60.7 Å². The van der Waals surface area contributed by atoms with Crippen molar-refractivity contribution in [3.8, 4) is 0 Å². The molecule has 5 nitrogen and oxygen atoms in total. The molecule has 118 valence electrons. The number of nitrogens with one attached hydrogen (secondary N) is 2. The van der Waals surface area contributed by atoms with Crippen LogP contribution < -0.4 is 15.9 Å². The molecule has 2 aromatic carbocycles. The number of hydrogen-bond acceptors (Lipinski definition) is 4. The summed E-state index contributed by atoms with van der Waals surface area (Å²) in [7, 11) is 0. The number of rotatable bonds is 4. The predicted molar refractivity (Wildman–Crippen MR) is 92.4 cm³/mol. The number of hydrazine groups is 1. The van der Waals surface area contributed by atoms with Gasteiger partial charge >= 0.3 is 0 Å². The van der Waals surface area contributed by atoms with Crippen LogP contribution in [0.2, 0.25) is 0 Å². The summed E-state index contributed by atoms with van der Waals surface area (Å²) in [4.78, 5) is 18.5. The van der Waals surface area contributed by atoms with Crippen molar-refractivity contribution < 1.29 is 9.63 Å². The van der Waals surface area contributed by atoms with Gasteiger partial charge in [-0.15, -0.1) is 0 Å². The molecule has 1 saturated heterocycles. The Morgan fingerprint density at radius 2 is 1.74 bits per heavy atom. The number of carbonyl (C=O) groups is 1. The second-order valence-corrected chi connectivity index (χ2v) is 5.88. The lowest BCUT2D eigenvalue weighted by atomic mass is 10.2. The van der Waals surface area contributed by atoms with Crippen LogP contribution in [0.5, 0.6) is 0 Å². The Balaban J connectivity index is 1.64. The van der Waals surface area contributed by atoms with E-state index in [0.717, 1.165) is 5.56 Å². The maximum absolute atomic E-state index is 12.2. The number of hydrogen-bond donors (Lipinski definition) is 2. The number of thiocarbonyl (C=S) groups is 1. The molecule has 1 atom stereocenters. The highest BCUT2D eigenvalue weighted by molar-refractivity contribution is 7.80. The minimum atomic E-state index is -0.869. The molecule has 0 aromatic heterocycles. The van der Waals surface area contributed by atoms with Crippen LogP contribution in [0.15, 0.2) is 60.7 Å². The van der Waals surface area contributed by atoms with Gasteiger partial charge in [0, 0.05) is 5.56 Å². The molecule has 1 aliphatic rings. The Hall–Kier alpha value is -2.28. The maximum Gasteiger partial charge on any atom is 0.255 e. The maximum atomic E-state index is 12.2. The normalized spacial score (nSPS) is 20.6. The smallest absolute Gasteiger partial charge is 0.255 e. The van der Waals surface area contributed by atoms with E-state index in [9.17, 15) is 4.79 Å². The van der Waals surface area contributed by atoms with Gasteiger partial charge in [0.15, 0.2) is 5.72 Å². The lowest BCUT2D eigenvalue weighted by molar-refractivity contribution is -0.119. The second-order valence-electron chi connectivity index (χ2n) is 5.47. The van der Waals surface area contributed by atoms with Gasteiger partial charge in [-0.25, -0.2) is 10.3 Å². The number of hydroxylamine groups is 1.